The molecule has 1 fully saturated rings. The zero-order valence-corrected chi connectivity index (χ0v) is 12.7. The topological polar surface area (TPSA) is 60.2 Å². The number of aryl methyl sites for hydroxylation is 1. The number of hydrogen-bond acceptors (Lipinski definition) is 4. The first kappa shape index (κ1) is 14.1. The van der Waals surface area contributed by atoms with Crippen molar-refractivity contribution in [3.05, 3.63) is 30.1 Å². The number of fused-ring (bicyclic) bond motifs is 1. The van der Waals surface area contributed by atoms with Crippen molar-refractivity contribution in [3.63, 3.8) is 0 Å². The van der Waals surface area contributed by atoms with Crippen LogP contribution in [0.1, 0.15) is 25.5 Å². The average Bonchev–Trinajstić information content (AvgIpc) is 2.94. The number of pyridine rings is 1. The first-order valence-corrected chi connectivity index (χ1v) is 7.69. The number of hydrogen-bond donors (Lipinski definition) is 2. The molecule has 1 aromatic carbocycles. The van der Waals surface area contributed by atoms with Gasteiger partial charge in [-0.2, -0.15) is 0 Å². The molecule has 21 heavy (non-hydrogen) atoms. The van der Waals surface area contributed by atoms with E-state index in [1.54, 1.807) is 0 Å². The number of nitrogens with zero attached hydrogens (tertiary/aromatic N) is 1. The second-order valence-corrected chi connectivity index (χ2v) is 5.82. The van der Waals surface area contributed by atoms with Crippen molar-refractivity contribution in [2.24, 2.45) is 5.92 Å². The minimum absolute atomic E-state index is 0.390. The molecule has 2 heterocycles. The molecule has 0 spiro atoms. The molecular formula is C17H23N3O. The van der Waals surface area contributed by atoms with Crippen molar-refractivity contribution in [1.82, 2.24) is 4.98 Å². The van der Waals surface area contributed by atoms with Crippen LogP contribution in [-0.2, 0) is 4.74 Å². The van der Waals surface area contributed by atoms with E-state index in [9.17, 15) is 0 Å². The second kappa shape index (κ2) is 5.90. The van der Waals surface area contributed by atoms with Gasteiger partial charge in [0.2, 0.25) is 0 Å². The number of aromatic nitrogens is 1. The molecule has 3 N–H and O–H groups in total. The van der Waals surface area contributed by atoms with Gasteiger partial charge in [0.15, 0.2) is 0 Å². The van der Waals surface area contributed by atoms with E-state index >= 15 is 0 Å². The summed E-state index contributed by atoms with van der Waals surface area (Å²) in [6.45, 7) is 6.02. The Morgan fingerprint density at radius 3 is 3.05 bits per heavy atom. The summed E-state index contributed by atoms with van der Waals surface area (Å²) in [5, 5.41) is 5.75. The van der Waals surface area contributed by atoms with Crippen molar-refractivity contribution in [1.29, 1.82) is 0 Å². The van der Waals surface area contributed by atoms with Crippen LogP contribution in [0.25, 0.3) is 10.8 Å². The standard InChI is InChI=1S/C17H23N3O/c1-3-17-12(6-7-21-17)9-20-16-5-4-15(18)14-10-19-11(2)8-13(14)16/h4-5,8,10,12,17,20H,3,6-7,9,18H2,1-2H3. The predicted molar refractivity (Wildman–Crippen MR) is 87.5 cm³/mol. The maximum atomic E-state index is 6.05. The van der Waals surface area contributed by atoms with Gasteiger partial charge in [0.1, 0.15) is 0 Å². The quantitative estimate of drug-likeness (QED) is 0.846. The molecule has 0 bridgehead atoms. The fourth-order valence-electron chi connectivity index (χ4n) is 3.14. The molecule has 4 nitrogen and oxygen atoms in total. The van der Waals surface area contributed by atoms with Crippen LogP contribution >= 0.6 is 0 Å². The maximum absolute atomic E-state index is 6.05. The van der Waals surface area contributed by atoms with Crippen molar-refractivity contribution in [2.45, 2.75) is 32.8 Å². The highest BCUT2D eigenvalue weighted by Gasteiger charge is 2.26. The van der Waals surface area contributed by atoms with E-state index in [0.29, 0.717) is 12.0 Å². The zero-order chi connectivity index (χ0) is 14.8. The number of benzene rings is 1. The molecule has 1 saturated heterocycles. The summed E-state index contributed by atoms with van der Waals surface area (Å²) in [7, 11) is 0. The van der Waals surface area contributed by atoms with Crippen molar-refractivity contribution >= 4 is 22.1 Å². The minimum Gasteiger partial charge on any atom is -0.398 e. The van der Waals surface area contributed by atoms with Gasteiger partial charge in [-0.15, -0.1) is 0 Å². The van der Waals surface area contributed by atoms with E-state index in [0.717, 1.165) is 53.8 Å². The third-order valence-corrected chi connectivity index (χ3v) is 4.37. The van der Waals surface area contributed by atoms with E-state index in [1.165, 1.54) is 0 Å². The first-order valence-electron chi connectivity index (χ1n) is 7.69. The van der Waals surface area contributed by atoms with Gasteiger partial charge >= 0.3 is 0 Å². The summed E-state index contributed by atoms with van der Waals surface area (Å²) in [5.74, 6) is 0.588. The number of nitrogen functional groups attached to an aromatic ring is 1. The molecule has 1 aromatic heterocycles. The molecule has 0 saturated carbocycles. The molecule has 0 amide bonds. The molecule has 1 aliphatic rings. The fraction of sp³-hybridized carbons (Fsp3) is 0.471. The van der Waals surface area contributed by atoms with Crippen LogP contribution in [0.5, 0.6) is 0 Å². The van der Waals surface area contributed by atoms with Gasteiger partial charge in [-0.1, -0.05) is 6.92 Å². The van der Waals surface area contributed by atoms with Crippen molar-refractivity contribution in [2.75, 3.05) is 24.2 Å². The molecule has 2 aromatic rings. The second-order valence-electron chi connectivity index (χ2n) is 5.82. The van der Waals surface area contributed by atoms with Gasteiger partial charge in [0, 0.05) is 53.1 Å². The summed E-state index contributed by atoms with van der Waals surface area (Å²) in [6, 6.07) is 6.11. The molecule has 1 aliphatic heterocycles. The summed E-state index contributed by atoms with van der Waals surface area (Å²) >= 11 is 0. The number of nitrogens with one attached hydrogen (secondary N) is 1. The third-order valence-electron chi connectivity index (χ3n) is 4.37. The van der Waals surface area contributed by atoms with E-state index in [4.69, 9.17) is 10.5 Å². The fourth-order valence-corrected chi connectivity index (χ4v) is 3.14. The Morgan fingerprint density at radius 2 is 2.24 bits per heavy atom. The molecule has 3 rings (SSSR count). The van der Waals surface area contributed by atoms with Crippen molar-refractivity contribution < 1.29 is 4.74 Å². The summed E-state index contributed by atoms with van der Waals surface area (Å²) in [6.07, 6.45) is 4.47. The van der Waals surface area contributed by atoms with Gasteiger partial charge in [-0.3, -0.25) is 4.98 Å². The highest BCUT2D eigenvalue weighted by molar-refractivity contribution is 6.00. The zero-order valence-electron chi connectivity index (χ0n) is 12.7. The molecule has 2 atom stereocenters. The van der Waals surface area contributed by atoms with E-state index in [1.807, 2.05) is 19.2 Å². The lowest BCUT2D eigenvalue weighted by atomic mass is 9.99. The maximum Gasteiger partial charge on any atom is 0.0618 e. The Morgan fingerprint density at radius 1 is 1.38 bits per heavy atom. The van der Waals surface area contributed by atoms with E-state index in [2.05, 4.69) is 29.4 Å². The number of ether oxygens (including phenoxy) is 1. The molecule has 4 heteroatoms. The summed E-state index contributed by atoms with van der Waals surface area (Å²) in [4.78, 5) is 4.34. The van der Waals surface area contributed by atoms with Gasteiger partial charge in [0.05, 0.1) is 6.10 Å². The Hall–Kier alpha value is -1.81. The Kier molecular flexibility index (Phi) is 3.97. The Balaban J connectivity index is 1.84. The van der Waals surface area contributed by atoms with Crippen LogP contribution in [-0.4, -0.2) is 24.2 Å². The smallest absolute Gasteiger partial charge is 0.0618 e. The van der Waals surface area contributed by atoms with Gasteiger partial charge in [0.25, 0.3) is 0 Å². The van der Waals surface area contributed by atoms with Gasteiger partial charge in [-0.25, -0.2) is 0 Å². The molecular weight excluding hydrogens is 262 g/mol. The van der Waals surface area contributed by atoms with Gasteiger partial charge in [-0.05, 0) is 38.0 Å². The average molecular weight is 285 g/mol. The largest absolute Gasteiger partial charge is 0.398 e. The normalized spacial score (nSPS) is 21.8. The highest BCUT2D eigenvalue weighted by Crippen LogP contribution is 2.30. The summed E-state index contributed by atoms with van der Waals surface area (Å²) in [5.41, 5.74) is 8.96. The number of anilines is 2. The van der Waals surface area contributed by atoms with Crippen LogP contribution in [0.15, 0.2) is 24.4 Å². The predicted octanol–water partition coefficient (Wildman–Crippen LogP) is 3.35. The molecule has 0 radical (unpaired) electrons. The lowest BCUT2D eigenvalue weighted by Crippen LogP contribution is -2.22. The SMILES string of the molecule is CCC1OCCC1CNc1ccc(N)c2cnc(C)cc12. The number of nitrogens with two attached hydrogens (primary N) is 1. The third kappa shape index (κ3) is 2.81. The Bertz CT molecular complexity index is 641. The van der Waals surface area contributed by atoms with Crippen LogP contribution in [0.4, 0.5) is 11.4 Å². The monoisotopic (exact) mass is 285 g/mol. The highest BCUT2D eigenvalue weighted by atomic mass is 16.5. The lowest BCUT2D eigenvalue weighted by molar-refractivity contribution is 0.0900. The lowest BCUT2D eigenvalue weighted by Gasteiger charge is -2.19. The van der Waals surface area contributed by atoms with Crippen molar-refractivity contribution in [3.8, 4) is 0 Å². The molecule has 2 unspecified atom stereocenters. The van der Waals surface area contributed by atoms with E-state index < -0.39 is 0 Å². The first-order chi connectivity index (χ1) is 10.2. The van der Waals surface area contributed by atoms with Gasteiger partial charge < -0.3 is 15.8 Å². The number of rotatable bonds is 4. The van der Waals surface area contributed by atoms with Crippen LogP contribution in [0, 0.1) is 12.8 Å². The molecule has 112 valence electrons. The van der Waals surface area contributed by atoms with Crippen LogP contribution in [0.3, 0.4) is 0 Å². The van der Waals surface area contributed by atoms with Crippen LogP contribution < -0.4 is 11.1 Å². The molecule has 0 aliphatic carbocycles. The van der Waals surface area contributed by atoms with E-state index in [-0.39, 0.29) is 0 Å². The Labute approximate surface area is 125 Å². The minimum atomic E-state index is 0.390. The van der Waals surface area contributed by atoms with Crippen LogP contribution in [0.2, 0.25) is 0 Å². The summed E-state index contributed by atoms with van der Waals surface area (Å²) < 4.78 is 5.76.